The molecule has 0 radical (unpaired) electrons. The van der Waals surface area contributed by atoms with Crippen LogP contribution >= 0.6 is 0 Å². The van der Waals surface area contributed by atoms with E-state index in [1.54, 1.807) is 78.8 Å². The summed E-state index contributed by atoms with van der Waals surface area (Å²) >= 11 is 0. The Labute approximate surface area is 247 Å². The molecule has 3 aromatic carbocycles. The maximum atomic E-state index is 11.9. The van der Waals surface area contributed by atoms with Gasteiger partial charge in [-0.25, -0.2) is 9.59 Å². The molecule has 0 fully saturated rings. The molecule has 0 aliphatic heterocycles. The van der Waals surface area contributed by atoms with Crippen LogP contribution < -0.4 is 14.2 Å². The number of esters is 2. The van der Waals surface area contributed by atoms with Crippen molar-refractivity contribution >= 4 is 18.2 Å². The summed E-state index contributed by atoms with van der Waals surface area (Å²) in [6, 6.07) is 19.4. The largest absolute Gasteiger partial charge is 0.508 e. The topological polar surface area (TPSA) is 118 Å². The first-order valence-electron chi connectivity index (χ1n) is 13.6. The van der Waals surface area contributed by atoms with E-state index in [9.17, 15) is 19.5 Å². The van der Waals surface area contributed by atoms with Gasteiger partial charge in [-0.1, -0.05) is 30.3 Å². The van der Waals surface area contributed by atoms with Gasteiger partial charge in [-0.3, -0.25) is 4.79 Å². The van der Waals surface area contributed by atoms with Crippen molar-refractivity contribution in [3.05, 3.63) is 83.4 Å². The molecule has 0 heterocycles. The molecule has 3 aromatic rings. The Morgan fingerprint density at radius 2 is 1.33 bits per heavy atom. The molecule has 42 heavy (non-hydrogen) atoms. The lowest BCUT2D eigenvalue weighted by atomic mass is 10.1. The highest BCUT2D eigenvalue weighted by Gasteiger charge is 2.33. The van der Waals surface area contributed by atoms with Crippen LogP contribution in [0.1, 0.15) is 63.0 Å². The van der Waals surface area contributed by atoms with Gasteiger partial charge in [0.1, 0.15) is 29.6 Å². The molecule has 0 amide bonds. The van der Waals surface area contributed by atoms with E-state index < -0.39 is 23.1 Å². The van der Waals surface area contributed by atoms with E-state index in [1.807, 2.05) is 30.3 Å². The van der Waals surface area contributed by atoms with Crippen molar-refractivity contribution in [3.63, 3.8) is 0 Å². The lowest BCUT2D eigenvalue weighted by molar-refractivity contribution is -0.159. The van der Waals surface area contributed by atoms with E-state index in [-0.39, 0.29) is 12.4 Å². The molecule has 0 saturated carbocycles. The number of carbonyl (C=O) groups excluding carboxylic acids is 3. The van der Waals surface area contributed by atoms with Crippen molar-refractivity contribution in [2.24, 2.45) is 0 Å². The smallest absolute Gasteiger partial charge is 0.349 e. The molecular weight excluding hydrogens is 540 g/mol. The SMILES string of the molecule is CCOC(=O)C(C)(C)Oc1ccc(O)cc1C.CCOC(=O)C(C)(C)Oc1ccc(OCc2ccccc2)cc1C=O. The summed E-state index contributed by atoms with van der Waals surface area (Å²) in [7, 11) is 0. The van der Waals surface area contributed by atoms with Gasteiger partial charge >= 0.3 is 11.9 Å². The Bertz CT molecular complexity index is 1330. The third-order valence-corrected chi connectivity index (χ3v) is 5.78. The number of aldehydes is 1. The summed E-state index contributed by atoms with van der Waals surface area (Å²) in [5, 5.41) is 9.28. The molecule has 0 bridgehead atoms. The van der Waals surface area contributed by atoms with Crippen LogP contribution in [0.2, 0.25) is 0 Å². The molecule has 9 heteroatoms. The van der Waals surface area contributed by atoms with Crippen LogP contribution in [0.15, 0.2) is 66.7 Å². The van der Waals surface area contributed by atoms with E-state index in [0.29, 0.717) is 42.3 Å². The molecule has 0 spiro atoms. The van der Waals surface area contributed by atoms with Crippen LogP contribution in [0.4, 0.5) is 0 Å². The fourth-order valence-corrected chi connectivity index (χ4v) is 3.53. The number of phenolic OH excluding ortho intramolecular Hbond substituents is 1. The number of carbonyl (C=O) groups is 3. The predicted molar refractivity (Wildman–Crippen MR) is 158 cm³/mol. The second-order valence-electron chi connectivity index (χ2n) is 10.2. The van der Waals surface area contributed by atoms with Crippen molar-refractivity contribution in [1.82, 2.24) is 0 Å². The first-order chi connectivity index (χ1) is 19.8. The van der Waals surface area contributed by atoms with Crippen LogP contribution in [-0.4, -0.2) is 47.7 Å². The van der Waals surface area contributed by atoms with Gasteiger partial charge in [-0.15, -0.1) is 0 Å². The Kier molecular flexibility index (Phi) is 12.4. The van der Waals surface area contributed by atoms with E-state index in [0.717, 1.165) is 11.1 Å². The average molecular weight is 581 g/mol. The first kappa shape index (κ1) is 33.7. The van der Waals surface area contributed by atoms with Gasteiger partial charge in [0.2, 0.25) is 0 Å². The highest BCUT2D eigenvalue weighted by molar-refractivity contribution is 5.82. The van der Waals surface area contributed by atoms with Gasteiger partial charge in [-0.05, 0) is 96.0 Å². The lowest BCUT2D eigenvalue weighted by Gasteiger charge is -2.25. The molecule has 3 rings (SSSR count). The number of ether oxygens (including phenoxy) is 5. The van der Waals surface area contributed by atoms with E-state index in [2.05, 4.69) is 0 Å². The van der Waals surface area contributed by atoms with E-state index >= 15 is 0 Å². The van der Waals surface area contributed by atoms with Crippen molar-refractivity contribution in [2.75, 3.05) is 13.2 Å². The molecule has 0 saturated heterocycles. The third-order valence-electron chi connectivity index (χ3n) is 5.78. The average Bonchev–Trinajstić information content (AvgIpc) is 2.95. The molecule has 0 aliphatic rings. The molecule has 226 valence electrons. The number of benzene rings is 3. The standard InChI is InChI=1S/C20H22O5.C13H18O4/c1-4-23-19(22)20(2,3)25-18-11-10-17(12-16(18)13-21)24-14-15-8-6-5-7-9-15;1-5-16-12(15)13(3,4)17-11-7-6-10(14)8-9(11)2/h5-13H,4,14H2,1-3H3;6-8,14H,5H2,1-4H3. The Morgan fingerprint density at radius 1 is 0.786 bits per heavy atom. The predicted octanol–water partition coefficient (Wildman–Crippen LogP) is 6.22. The fourth-order valence-electron chi connectivity index (χ4n) is 3.53. The second-order valence-corrected chi connectivity index (χ2v) is 10.2. The summed E-state index contributed by atoms with van der Waals surface area (Å²) < 4.78 is 26.9. The van der Waals surface area contributed by atoms with Gasteiger partial charge in [-0.2, -0.15) is 0 Å². The number of rotatable bonds is 12. The molecule has 0 aliphatic carbocycles. The monoisotopic (exact) mass is 580 g/mol. The first-order valence-corrected chi connectivity index (χ1v) is 13.6. The fraction of sp³-hybridized carbons (Fsp3) is 0.364. The van der Waals surface area contributed by atoms with Gasteiger partial charge in [0, 0.05) is 0 Å². The third kappa shape index (κ3) is 10.1. The van der Waals surface area contributed by atoms with Crippen LogP contribution in [0.25, 0.3) is 0 Å². The van der Waals surface area contributed by atoms with Gasteiger partial charge in [0.25, 0.3) is 0 Å². The lowest BCUT2D eigenvalue weighted by Crippen LogP contribution is -2.40. The Morgan fingerprint density at radius 3 is 1.86 bits per heavy atom. The molecule has 0 atom stereocenters. The van der Waals surface area contributed by atoms with Crippen molar-refractivity contribution in [3.8, 4) is 23.0 Å². The number of aromatic hydroxyl groups is 1. The minimum Gasteiger partial charge on any atom is -0.508 e. The highest BCUT2D eigenvalue weighted by Crippen LogP contribution is 2.28. The second kappa shape index (κ2) is 15.5. The summed E-state index contributed by atoms with van der Waals surface area (Å²) in [6.45, 7) is 12.7. The Hall–Kier alpha value is -4.53. The van der Waals surface area contributed by atoms with E-state index in [1.165, 1.54) is 6.07 Å². The number of hydrogen-bond acceptors (Lipinski definition) is 9. The van der Waals surface area contributed by atoms with Crippen LogP contribution in [-0.2, 0) is 25.7 Å². The van der Waals surface area contributed by atoms with Crippen molar-refractivity contribution in [1.29, 1.82) is 0 Å². The molecule has 1 N–H and O–H groups in total. The maximum Gasteiger partial charge on any atom is 0.349 e. The Balaban J connectivity index is 0.000000317. The van der Waals surface area contributed by atoms with Gasteiger partial charge in [0.15, 0.2) is 17.5 Å². The molecule has 0 aromatic heterocycles. The number of aryl methyl sites for hydroxylation is 1. The van der Waals surface area contributed by atoms with Gasteiger partial charge < -0.3 is 28.8 Å². The van der Waals surface area contributed by atoms with Crippen LogP contribution in [0, 0.1) is 6.92 Å². The van der Waals surface area contributed by atoms with Crippen molar-refractivity contribution in [2.45, 2.75) is 66.3 Å². The number of phenols is 1. The zero-order valence-corrected chi connectivity index (χ0v) is 25.3. The normalized spacial score (nSPS) is 10.9. The summed E-state index contributed by atoms with van der Waals surface area (Å²) in [5.41, 5.74) is -0.137. The van der Waals surface area contributed by atoms with Crippen LogP contribution in [0.3, 0.4) is 0 Å². The maximum absolute atomic E-state index is 11.9. The minimum absolute atomic E-state index is 0.170. The van der Waals surface area contributed by atoms with E-state index in [4.69, 9.17) is 23.7 Å². The summed E-state index contributed by atoms with van der Waals surface area (Å²) in [4.78, 5) is 35.0. The summed E-state index contributed by atoms with van der Waals surface area (Å²) in [6.07, 6.45) is 0.673. The molecular formula is C33H40O9. The van der Waals surface area contributed by atoms with Gasteiger partial charge in [0.05, 0.1) is 18.8 Å². The molecule has 0 unspecified atom stereocenters. The quantitative estimate of drug-likeness (QED) is 0.197. The zero-order chi connectivity index (χ0) is 31.3. The minimum atomic E-state index is -1.19. The zero-order valence-electron chi connectivity index (χ0n) is 25.3. The highest BCUT2D eigenvalue weighted by atomic mass is 16.6. The summed E-state index contributed by atoms with van der Waals surface area (Å²) in [5.74, 6) is 0.681. The van der Waals surface area contributed by atoms with Crippen LogP contribution in [0.5, 0.6) is 23.0 Å². The molecule has 9 nitrogen and oxygen atoms in total. The number of hydrogen-bond donors (Lipinski definition) is 1. The van der Waals surface area contributed by atoms with Crippen molar-refractivity contribution < 1.29 is 43.2 Å².